The molecule has 5 heteroatoms. The van der Waals surface area contributed by atoms with Crippen LogP contribution in [0.25, 0.3) is 0 Å². The Kier molecular flexibility index (Phi) is 2.88. The molecule has 0 radical (unpaired) electrons. The van der Waals surface area contributed by atoms with Crippen LogP contribution in [0.1, 0.15) is 23.2 Å². The molecule has 2 fully saturated rings. The molecule has 0 spiro atoms. The van der Waals surface area contributed by atoms with Gasteiger partial charge in [0.1, 0.15) is 4.60 Å². The van der Waals surface area contributed by atoms with Crippen LogP contribution in [0.4, 0.5) is 0 Å². The van der Waals surface area contributed by atoms with E-state index in [-0.39, 0.29) is 18.1 Å². The number of carbonyl (C=O) groups excluding carboxylic acids is 1. The Bertz CT molecular complexity index is 440. The molecule has 3 heterocycles. The van der Waals surface area contributed by atoms with Gasteiger partial charge in [0.15, 0.2) is 0 Å². The summed E-state index contributed by atoms with van der Waals surface area (Å²) in [5.74, 6) is 0.0465. The molecule has 2 bridgehead atoms. The first kappa shape index (κ1) is 11.2. The van der Waals surface area contributed by atoms with Gasteiger partial charge >= 0.3 is 0 Å². The third kappa shape index (κ3) is 2.09. The van der Waals surface area contributed by atoms with E-state index in [1.165, 1.54) is 0 Å². The summed E-state index contributed by atoms with van der Waals surface area (Å²) >= 11 is 3.32. The fraction of sp³-hybridized carbons (Fsp3) is 0.500. The van der Waals surface area contributed by atoms with Crippen LogP contribution in [0, 0.1) is 0 Å². The highest BCUT2D eigenvalue weighted by Crippen LogP contribution is 2.27. The number of hydrogen-bond acceptors (Lipinski definition) is 3. The van der Waals surface area contributed by atoms with Crippen molar-refractivity contribution in [3.05, 3.63) is 28.5 Å². The number of fused-ring (bicyclic) bond motifs is 2. The number of rotatable bonds is 1. The summed E-state index contributed by atoms with van der Waals surface area (Å²) in [6.45, 7) is 1.41. The quantitative estimate of drug-likeness (QED) is 0.743. The first-order valence-corrected chi connectivity index (χ1v) is 6.58. The maximum Gasteiger partial charge on any atom is 0.256 e. The van der Waals surface area contributed by atoms with E-state index in [0.717, 1.165) is 12.8 Å². The number of nitrogens with zero attached hydrogens (tertiary/aromatic N) is 2. The molecule has 3 rings (SSSR count). The second kappa shape index (κ2) is 4.38. The average Bonchev–Trinajstić information content (AvgIpc) is 2.68. The van der Waals surface area contributed by atoms with Gasteiger partial charge < -0.3 is 9.64 Å². The molecule has 17 heavy (non-hydrogen) atoms. The molecule has 2 atom stereocenters. The number of hydrogen-bond donors (Lipinski definition) is 0. The highest BCUT2D eigenvalue weighted by Gasteiger charge is 2.36. The molecule has 1 aromatic heterocycles. The van der Waals surface area contributed by atoms with E-state index < -0.39 is 0 Å². The number of pyridine rings is 1. The smallest absolute Gasteiger partial charge is 0.256 e. The number of likely N-dealkylation sites (tertiary alicyclic amines) is 1. The van der Waals surface area contributed by atoms with E-state index in [9.17, 15) is 4.79 Å². The van der Waals surface area contributed by atoms with Gasteiger partial charge in [-0.15, -0.1) is 0 Å². The van der Waals surface area contributed by atoms with E-state index in [1.807, 2.05) is 4.90 Å². The number of morpholine rings is 1. The zero-order valence-electron chi connectivity index (χ0n) is 9.30. The van der Waals surface area contributed by atoms with Crippen molar-refractivity contribution >= 4 is 21.8 Å². The van der Waals surface area contributed by atoms with Crippen LogP contribution in [-0.2, 0) is 4.74 Å². The van der Waals surface area contributed by atoms with E-state index >= 15 is 0 Å². The highest BCUT2D eigenvalue weighted by molar-refractivity contribution is 9.10. The van der Waals surface area contributed by atoms with Gasteiger partial charge in [0.05, 0.1) is 17.8 Å². The SMILES string of the molecule is O=C(c1cccnc1Br)N1CC2CCC(C1)O2. The molecule has 2 aliphatic heterocycles. The topological polar surface area (TPSA) is 42.4 Å². The van der Waals surface area contributed by atoms with Crippen molar-refractivity contribution in [2.24, 2.45) is 0 Å². The fourth-order valence-corrected chi connectivity index (χ4v) is 2.92. The van der Waals surface area contributed by atoms with Crippen LogP contribution < -0.4 is 0 Å². The van der Waals surface area contributed by atoms with Crippen molar-refractivity contribution in [1.29, 1.82) is 0 Å². The molecule has 1 amide bonds. The minimum Gasteiger partial charge on any atom is -0.371 e. The number of ether oxygens (including phenoxy) is 1. The predicted octanol–water partition coefficient (Wildman–Crippen LogP) is 1.85. The van der Waals surface area contributed by atoms with Gasteiger partial charge in [0.25, 0.3) is 5.91 Å². The minimum atomic E-state index is 0.0465. The Labute approximate surface area is 108 Å². The Hall–Kier alpha value is -0.940. The van der Waals surface area contributed by atoms with Crippen LogP contribution in [-0.4, -0.2) is 41.1 Å². The summed E-state index contributed by atoms with van der Waals surface area (Å²) in [4.78, 5) is 18.3. The van der Waals surface area contributed by atoms with E-state index in [0.29, 0.717) is 23.3 Å². The predicted molar refractivity (Wildman–Crippen MR) is 65.7 cm³/mol. The second-order valence-corrected chi connectivity index (χ2v) is 5.26. The lowest BCUT2D eigenvalue weighted by Gasteiger charge is -2.32. The Morgan fingerprint density at radius 3 is 2.76 bits per heavy atom. The van der Waals surface area contributed by atoms with Crippen LogP contribution >= 0.6 is 15.9 Å². The number of halogens is 1. The van der Waals surface area contributed by atoms with Gasteiger partial charge in [-0.2, -0.15) is 0 Å². The monoisotopic (exact) mass is 296 g/mol. The standard InChI is InChI=1S/C12H13BrN2O2/c13-11-10(2-1-5-14-11)12(16)15-6-8-3-4-9(7-15)17-8/h1-2,5,8-9H,3-4,6-7H2. The van der Waals surface area contributed by atoms with Gasteiger partial charge in [-0.25, -0.2) is 4.98 Å². The molecule has 0 saturated carbocycles. The fourth-order valence-electron chi connectivity index (χ4n) is 2.50. The van der Waals surface area contributed by atoms with Gasteiger partial charge in [-0.1, -0.05) is 0 Å². The Balaban J connectivity index is 1.81. The highest BCUT2D eigenvalue weighted by atomic mass is 79.9. The maximum absolute atomic E-state index is 12.3. The largest absolute Gasteiger partial charge is 0.371 e. The molecule has 0 aliphatic carbocycles. The third-order valence-electron chi connectivity index (χ3n) is 3.32. The summed E-state index contributed by atoms with van der Waals surface area (Å²) in [6.07, 6.45) is 4.27. The molecule has 2 saturated heterocycles. The van der Waals surface area contributed by atoms with Crippen molar-refractivity contribution in [3.63, 3.8) is 0 Å². The van der Waals surface area contributed by atoms with Crippen LogP contribution in [0.15, 0.2) is 22.9 Å². The molecule has 4 nitrogen and oxygen atoms in total. The van der Waals surface area contributed by atoms with Crippen molar-refractivity contribution in [1.82, 2.24) is 9.88 Å². The van der Waals surface area contributed by atoms with Crippen molar-refractivity contribution in [3.8, 4) is 0 Å². The van der Waals surface area contributed by atoms with Crippen molar-refractivity contribution in [2.75, 3.05) is 13.1 Å². The maximum atomic E-state index is 12.3. The normalized spacial score (nSPS) is 27.2. The summed E-state index contributed by atoms with van der Waals surface area (Å²) in [7, 11) is 0. The minimum absolute atomic E-state index is 0.0465. The molecule has 2 aliphatic rings. The van der Waals surface area contributed by atoms with Crippen molar-refractivity contribution in [2.45, 2.75) is 25.0 Å². The molecular weight excluding hydrogens is 284 g/mol. The lowest BCUT2D eigenvalue weighted by Crippen LogP contribution is -2.45. The molecule has 1 aromatic rings. The first-order chi connectivity index (χ1) is 8.24. The Morgan fingerprint density at radius 1 is 1.41 bits per heavy atom. The van der Waals surface area contributed by atoms with Crippen LogP contribution in [0.2, 0.25) is 0 Å². The second-order valence-electron chi connectivity index (χ2n) is 4.51. The lowest BCUT2D eigenvalue weighted by molar-refractivity contribution is -0.0304. The zero-order valence-corrected chi connectivity index (χ0v) is 10.9. The number of amides is 1. The molecule has 2 unspecified atom stereocenters. The third-order valence-corrected chi connectivity index (χ3v) is 3.95. The molecular formula is C12H13BrN2O2. The lowest BCUT2D eigenvalue weighted by atomic mass is 10.2. The van der Waals surface area contributed by atoms with Crippen LogP contribution in [0.3, 0.4) is 0 Å². The van der Waals surface area contributed by atoms with E-state index in [4.69, 9.17) is 4.74 Å². The van der Waals surface area contributed by atoms with E-state index in [2.05, 4.69) is 20.9 Å². The van der Waals surface area contributed by atoms with Gasteiger partial charge in [-0.3, -0.25) is 4.79 Å². The summed E-state index contributed by atoms with van der Waals surface area (Å²) in [5, 5.41) is 0. The number of carbonyl (C=O) groups is 1. The summed E-state index contributed by atoms with van der Waals surface area (Å²) in [5.41, 5.74) is 0.633. The molecule has 0 N–H and O–H groups in total. The van der Waals surface area contributed by atoms with E-state index in [1.54, 1.807) is 18.3 Å². The molecule has 90 valence electrons. The van der Waals surface area contributed by atoms with Gasteiger partial charge in [0, 0.05) is 19.3 Å². The Morgan fingerprint density at radius 2 is 2.12 bits per heavy atom. The average molecular weight is 297 g/mol. The number of aromatic nitrogens is 1. The summed E-state index contributed by atoms with van der Waals surface area (Å²) < 4.78 is 6.34. The first-order valence-electron chi connectivity index (χ1n) is 5.79. The van der Waals surface area contributed by atoms with Crippen LogP contribution in [0.5, 0.6) is 0 Å². The van der Waals surface area contributed by atoms with Crippen molar-refractivity contribution < 1.29 is 9.53 Å². The van der Waals surface area contributed by atoms with Gasteiger partial charge in [0.2, 0.25) is 0 Å². The zero-order chi connectivity index (χ0) is 11.8. The summed E-state index contributed by atoms with van der Waals surface area (Å²) in [6, 6.07) is 3.59. The molecule has 0 aromatic carbocycles. The van der Waals surface area contributed by atoms with Gasteiger partial charge in [-0.05, 0) is 40.9 Å².